The smallest absolute Gasteiger partial charge is 0.338 e. The van der Waals surface area contributed by atoms with Crippen molar-refractivity contribution < 1.29 is 14.6 Å². The summed E-state index contributed by atoms with van der Waals surface area (Å²) in [7, 11) is 1.95. The molecular formula is C10H13BO3. The first-order valence-corrected chi connectivity index (χ1v) is 4.68. The Bertz CT molecular complexity index is 336. The highest BCUT2D eigenvalue weighted by molar-refractivity contribution is 6.09. The van der Waals surface area contributed by atoms with Crippen molar-refractivity contribution in [2.75, 3.05) is 6.61 Å². The van der Waals surface area contributed by atoms with Gasteiger partial charge in [-0.25, -0.2) is 4.79 Å². The van der Waals surface area contributed by atoms with Crippen molar-refractivity contribution in [1.82, 2.24) is 0 Å². The van der Waals surface area contributed by atoms with Crippen molar-refractivity contribution in [3.8, 4) is 5.75 Å². The second-order valence-electron chi connectivity index (χ2n) is 2.92. The Labute approximate surface area is 84.1 Å². The Hall–Kier alpha value is -1.45. The lowest BCUT2D eigenvalue weighted by Crippen LogP contribution is -2.08. The fourth-order valence-corrected chi connectivity index (χ4v) is 1.27. The van der Waals surface area contributed by atoms with Crippen LogP contribution < -0.4 is 0 Å². The van der Waals surface area contributed by atoms with E-state index in [4.69, 9.17) is 4.74 Å². The second kappa shape index (κ2) is 4.70. The van der Waals surface area contributed by atoms with E-state index in [0.717, 1.165) is 11.9 Å². The number of carbonyl (C=O) groups excluding carboxylic acids is 1. The zero-order valence-electron chi connectivity index (χ0n) is 8.41. The molecule has 0 heterocycles. The van der Waals surface area contributed by atoms with Crippen LogP contribution in [-0.2, 0) is 11.1 Å². The lowest BCUT2D eigenvalue weighted by Gasteiger charge is -2.07. The quantitative estimate of drug-likeness (QED) is 0.566. The first-order chi connectivity index (χ1) is 6.69. The number of ether oxygens (including phenoxy) is 1. The molecule has 0 amide bonds. The van der Waals surface area contributed by atoms with E-state index < -0.39 is 0 Å². The number of phenols is 1. The van der Waals surface area contributed by atoms with Gasteiger partial charge in [-0.05, 0) is 24.6 Å². The number of benzene rings is 1. The molecule has 0 atom stereocenters. The van der Waals surface area contributed by atoms with Crippen LogP contribution in [-0.4, -0.2) is 25.5 Å². The first-order valence-electron chi connectivity index (χ1n) is 4.68. The Morgan fingerprint density at radius 1 is 1.57 bits per heavy atom. The summed E-state index contributed by atoms with van der Waals surface area (Å²) in [5.41, 5.74) is 1.34. The van der Waals surface area contributed by atoms with Crippen molar-refractivity contribution in [3.05, 3.63) is 29.3 Å². The minimum atomic E-state index is -0.375. The fraction of sp³-hybridized carbons (Fsp3) is 0.300. The van der Waals surface area contributed by atoms with Gasteiger partial charge in [0.05, 0.1) is 12.2 Å². The largest absolute Gasteiger partial charge is 0.508 e. The molecule has 1 N–H and O–H groups in total. The summed E-state index contributed by atoms with van der Waals surface area (Å²) in [6.07, 6.45) is 0.744. The maximum absolute atomic E-state index is 11.4. The van der Waals surface area contributed by atoms with Crippen molar-refractivity contribution in [3.63, 3.8) is 0 Å². The summed E-state index contributed by atoms with van der Waals surface area (Å²) >= 11 is 0. The number of hydrogen-bond acceptors (Lipinski definition) is 3. The van der Waals surface area contributed by atoms with Crippen LogP contribution in [0.1, 0.15) is 22.8 Å². The molecule has 0 saturated carbocycles. The molecule has 0 unspecified atom stereocenters. The van der Waals surface area contributed by atoms with Crippen molar-refractivity contribution in [2.45, 2.75) is 13.2 Å². The molecule has 0 radical (unpaired) electrons. The minimum Gasteiger partial charge on any atom is -0.508 e. The molecule has 0 aliphatic heterocycles. The molecular weight excluding hydrogens is 179 g/mol. The van der Waals surface area contributed by atoms with Crippen LogP contribution in [0.5, 0.6) is 5.75 Å². The highest BCUT2D eigenvalue weighted by Gasteiger charge is 2.11. The lowest BCUT2D eigenvalue weighted by molar-refractivity contribution is 0.0525. The summed E-state index contributed by atoms with van der Waals surface area (Å²) in [6, 6.07) is 4.75. The van der Waals surface area contributed by atoms with Crippen LogP contribution in [0.3, 0.4) is 0 Å². The molecule has 0 bridgehead atoms. The van der Waals surface area contributed by atoms with Gasteiger partial charge in [0.15, 0.2) is 0 Å². The molecule has 0 aliphatic rings. The van der Waals surface area contributed by atoms with E-state index in [9.17, 15) is 9.90 Å². The number of carbonyl (C=O) groups is 1. The molecule has 14 heavy (non-hydrogen) atoms. The Morgan fingerprint density at radius 2 is 2.29 bits per heavy atom. The molecule has 0 saturated heterocycles. The molecule has 4 heteroatoms. The van der Waals surface area contributed by atoms with Crippen molar-refractivity contribution in [2.24, 2.45) is 0 Å². The molecule has 0 aromatic heterocycles. The highest BCUT2D eigenvalue weighted by atomic mass is 16.5. The van der Waals surface area contributed by atoms with Gasteiger partial charge in [-0.2, -0.15) is 0 Å². The van der Waals surface area contributed by atoms with Crippen LogP contribution in [0.15, 0.2) is 18.2 Å². The van der Waals surface area contributed by atoms with E-state index in [1.54, 1.807) is 19.1 Å². The Balaban J connectivity index is 3.03. The van der Waals surface area contributed by atoms with Crippen molar-refractivity contribution >= 4 is 13.8 Å². The SMILES string of the molecule is BCc1ccc(O)cc1C(=O)OCC. The molecule has 74 valence electrons. The normalized spacial score (nSPS) is 9.79. The first kappa shape index (κ1) is 10.6. The zero-order valence-corrected chi connectivity index (χ0v) is 8.41. The fourth-order valence-electron chi connectivity index (χ4n) is 1.27. The van der Waals surface area contributed by atoms with Gasteiger partial charge in [-0.15, -0.1) is 0 Å². The monoisotopic (exact) mass is 192 g/mol. The average molecular weight is 192 g/mol. The summed E-state index contributed by atoms with van der Waals surface area (Å²) in [5, 5.41) is 9.24. The molecule has 1 aromatic rings. The third-order valence-corrected chi connectivity index (χ3v) is 1.97. The van der Waals surface area contributed by atoms with Gasteiger partial charge in [0, 0.05) is 0 Å². The minimum absolute atomic E-state index is 0.0882. The van der Waals surface area contributed by atoms with E-state index in [-0.39, 0.29) is 11.7 Å². The average Bonchev–Trinajstić information content (AvgIpc) is 2.18. The number of rotatable bonds is 3. The van der Waals surface area contributed by atoms with Gasteiger partial charge in [0.25, 0.3) is 0 Å². The third kappa shape index (κ3) is 2.28. The van der Waals surface area contributed by atoms with Crippen molar-refractivity contribution in [1.29, 1.82) is 0 Å². The lowest BCUT2D eigenvalue weighted by atomic mass is 9.93. The Morgan fingerprint density at radius 3 is 2.86 bits per heavy atom. The van der Waals surface area contributed by atoms with E-state index in [0.29, 0.717) is 12.2 Å². The van der Waals surface area contributed by atoms with Gasteiger partial charge in [0.2, 0.25) is 0 Å². The number of hydrogen-bond donors (Lipinski definition) is 1. The Kier molecular flexibility index (Phi) is 3.57. The van der Waals surface area contributed by atoms with E-state index in [2.05, 4.69) is 0 Å². The summed E-state index contributed by atoms with van der Waals surface area (Å²) in [4.78, 5) is 11.4. The van der Waals surface area contributed by atoms with Gasteiger partial charge in [-0.1, -0.05) is 12.4 Å². The summed E-state index contributed by atoms with van der Waals surface area (Å²) in [5.74, 6) is -0.287. The topological polar surface area (TPSA) is 46.5 Å². The zero-order chi connectivity index (χ0) is 10.6. The van der Waals surface area contributed by atoms with E-state index in [1.165, 1.54) is 6.07 Å². The molecule has 1 rings (SSSR count). The molecule has 0 spiro atoms. The van der Waals surface area contributed by atoms with E-state index >= 15 is 0 Å². The number of aromatic hydroxyl groups is 1. The maximum Gasteiger partial charge on any atom is 0.338 e. The highest BCUT2D eigenvalue weighted by Crippen LogP contribution is 2.17. The van der Waals surface area contributed by atoms with Gasteiger partial charge < -0.3 is 9.84 Å². The summed E-state index contributed by atoms with van der Waals surface area (Å²) in [6.45, 7) is 2.10. The second-order valence-corrected chi connectivity index (χ2v) is 2.92. The van der Waals surface area contributed by atoms with Crippen LogP contribution >= 0.6 is 0 Å². The molecule has 3 nitrogen and oxygen atoms in total. The number of phenolic OH excluding ortho intramolecular Hbond substituents is 1. The van der Waals surface area contributed by atoms with Crippen LogP contribution in [0.4, 0.5) is 0 Å². The predicted octanol–water partition coefficient (Wildman–Crippen LogP) is 0.702. The molecule has 0 aliphatic carbocycles. The van der Waals surface area contributed by atoms with Gasteiger partial charge in [0.1, 0.15) is 13.6 Å². The van der Waals surface area contributed by atoms with Gasteiger partial charge >= 0.3 is 5.97 Å². The van der Waals surface area contributed by atoms with Crippen LogP contribution in [0.2, 0.25) is 0 Å². The van der Waals surface area contributed by atoms with Crippen LogP contribution in [0, 0.1) is 0 Å². The number of esters is 1. The maximum atomic E-state index is 11.4. The van der Waals surface area contributed by atoms with E-state index in [1.807, 2.05) is 7.85 Å². The van der Waals surface area contributed by atoms with Crippen LogP contribution in [0.25, 0.3) is 0 Å². The molecule has 0 fully saturated rings. The summed E-state index contributed by atoms with van der Waals surface area (Å²) < 4.78 is 4.88. The third-order valence-electron chi connectivity index (χ3n) is 1.97. The van der Waals surface area contributed by atoms with Gasteiger partial charge in [-0.3, -0.25) is 0 Å². The predicted molar refractivity (Wildman–Crippen MR) is 56.3 cm³/mol. The molecule has 1 aromatic carbocycles. The standard InChI is InChI=1S/C10H13BO3/c1-2-14-10(13)9-5-8(12)4-3-7(9)6-11/h3-5,12H,2,6,11H2,1H3.